The zero-order chi connectivity index (χ0) is 11.5. The topological polar surface area (TPSA) is 24.9 Å². The van der Waals surface area contributed by atoms with Gasteiger partial charge in [0.2, 0.25) is 0 Å². The van der Waals surface area contributed by atoms with Crippen LogP contribution in [0.5, 0.6) is 0 Å². The smallest absolute Gasteiger partial charge is 0.0762 e. The van der Waals surface area contributed by atoms with Crippen molar-refractivity contribution in [3.63, 3.8) is 0 Å². The van der Waals surface area contributed by atoms with Crippen molar-refractivity contribution in [2.45, 2.75) is 19.9 Å². The van der Waals surface area contributed by atoms with Gasteiger partial charge in [0.25, 0.3) is 0 Å². The molecule has 0 saturated heterocycles. The molecule has 2 nitrogen and oxygen atoms in total. The number of nitrogens with one attached hydrogen (secondary N) is 1. The largest absolute Gasteiger partial charge is 0.308 e. The molecular weight excluding hydrogens is 216 g/mol. The van der Waals surface area contributed by atoms with Gasteiger partial charge in [0, 0.05) is 11.1 Å². The molecule has 1 atom stereocenters. The second kappa shape index (κ2) is 4.76. The minimum Gasteiger partial charge on any atom is -0.308 e. The van der Waals surface area contributed by atoms with Gasteiger partial charge in [0.15, 0.2) is 0 Å². The lowest BCUT2D eigenvalue weighted by Crippen LogP contribution is -2.20. The summed E-state index contributed by atoms with van der Waals surface area (Å²) in [4.78, 5) is 5.84. The van der Waals surface area contributed by atoms with Crippen molar-refractivity contribution in [3.05, 3.63) is 51.5 Å². The summed E-state index contributed by atoms with van der Waals surface area (Å²) in [7, 11) is 1.98. The van der Waals surface area contributed by atoms with Crippen molar-refractivity contribution in [1.29, 1.82) is 0 Å². The molecule has 0 radical (unpaired) electrons. The van der Waals surface area contributed by atoms with Gasteiger partial charge in [-0.2, -0.15) is 0 Å². The van der Waals surface area contributed by atoms with E-state index in [1.54, 1.807) is 11.3 Å². The van der Waals surface area contributed by atoms with Gasteiger partial charge in [-0.25, -0.2) is 0 Å². The molecule has 0 saturated carbocycles. The summed E-state index contributed by atoms with van der Waals surface area (Å²) in [6.07, 6.45) is 1.86. The molecule has 84 valence electrons. The van der Waals surface area contributed by atoms with Crippen molar-refractivity contribution in [1.82, 2.24) is 10.3 Å². The van der Waals surface area contributed by atoms with Gasteiger partial charge < -0.3 is 5.32 Å². The Labute approximate surface area is 100 Å². The molecule has 1 unspecified atom stereocenters. The molecule has 2 rings (SSSR count). The second-order valence-electron chi connectivity index (χ2n) is 3.86. The van der Waals surface area contributed by atoms with Crippen molar-refractivity contribution in [3.8, 4) is 0 Å². The van der Waals surface area contributed by atoms with E-state index in [2.05, 4.69) is 41.7 Å². The van der Waals surface area contributed by atoms with E-state index >= 15 is 0 Å². The molecule has 16 heavy (non-hydrogen) atoms. The van der Waals surface area contributed by atoms with E-state index < -0.39 is 0 Å². The Kier molecular flexibility index (Phi) is 3.36. The van der Waals surface area contributed by atoms with Gasteiger partial charge in [0.1, 0.15) is 0 Å². The highest BCUT2D eigenvalue weighted by Gasteiger charge is 2.17. The Morgan fingerprint density at radius 3 is 2.69 bits per heavy atom. The lowest BCUT2D eigenvalue weighted by Gasteiger charge is -2.17. The quantitative estimate of drug-likeness (QED) is 0.879. The summed E-state index contributed by atoms with van der Waals surface area (Å²) < 4.78 is 0. The Morgan fingerprint density at radius 2 is 2.12 bits per heavy atom. The first-order valence-electron chi connectivity index (χ1n) is 5.37. The molecule has 1 N–H and O–H groups in total. The van der Waals surface area contributed by atoms with Crippen molar-refractivity contribution < 1.29 is 0 Å². The van der Waals surface area contributed by atoms with Crippen LogP contribution in [0.3, 0.4) is 0 Å². The molecule has 0 fully saturated rings. The third-order valence-corrected chi connectivity index (χ3v) is 3.68. The summed E-state index contributed by atoms with van der Waals surface area (Å²) in [6, 6.07) is 6.46. The molecule has 0 aliphatic carbocycles. The fraction of sp³-hybridized carbons (Fsp3) is 0.308. The van der Waals surface area contributed by atoms with Gasteiger partial charge >= 0.3 is 0 Å². The first kappa shape index (κ1) is 11.3. The predicted molar refractivity (Wildman–Crippen MR) is 68.9 cm³/mol. The zero-order valence-corrected chi connectivity index (χ0v) is 10.6. The van der Waals surface area contributed by atoms with Crippen LogP contribution in [0.25, 0.3) is 0 Å². The third-order valence-electron chi connectivity index (χ3n) is 2.82. The van der Waals surface area contributed by atoms with Gasteiger partial charge in [-0.15, -0.1) is 11.3 Å². The number of aromatic nitrogens is 1. The summed E-state index contributed by atoms with van der Waals surface area (Å²) >= 11 is 1.78. The molecule has 0 spiro atoms. The SMILES string of the molecule is CNC(c1ccsc1C)c1ncccc1C. The van der Waals surface area contributed by atoms with Gasteiger partial charge in [-0.1, -0.05) is 6.07 Å². The Morgan fingerprint density at radius 1 is 1.31 bits per heavy atom. The molecule has 0 amide bonds. The number of rotatable bonds is 3. The maximum absolute atomic E-state index is 4.49. The molecule has 2 aromatic heterocycles. The molecule has 2 aromatic rings. The highest BCUT2D eigenvalue weighted by atomic mass is 32.1. The molecule has 2 heterocycles. The Balaban J connectivity index is 2.45. The van der Waals surface area contributed by atoms with E-state index in [9.17, 15) is 0 Å². The van der Waals surface area contributed by atoms with Crippen LogP contribution < -0.4 is 5.32 Å². The number of aryl methyl sites for hydroxylation is 2. The number of hydrogen-bond acceptors (Lipinski definition) is 3. The molecule has 0 aliphatic heterocycles. The second-order valence-corrected chi connectivity index (χ2v) is 4.98. The van der Waals surface area contributed by atoms with E-state index in [4.69, 9.17) is 0 Å². The van der Waals surface area contributed by atoms with E-state index in [0.717, 1.165) is 5.69 Å². The van der Waals surface area contributed by atoms with Crippen LogP contribution in [-0.2, 0) is 0 Å². The lowest BCUT2D eigenvalue weighted by molar-refractivity contribution is 0.665. The maximum Gasteiger partial charge on any atom is 0.0762 e. The van der Waals surface area contributed by atoms with Crippen LogP contribution in [0.2, 0.25) is 0 Å². The predicted octanol–water partition coefficient (Wildman–Crippen LogP) is 3.07. The van der Waals surface area contributed by atoms with Crippen LogP contribution in [0.4, 0.5) is 0 Å². The Bertz CT molecular complexity index is 476. The van der Waals surface area contributed by atoms with Crippen molar-refractivity contribution in [2.75, 3.05) is 7.05 Å². The summed E-state index contributed by atoms with van der Waals surface area (Å²) in [5.74, 6) is 0. The van der Waals surface area contributed by atoms with Gasteiger partial charge in [-0.05, 0) is 49.5 Å². The third kappa shape index (κ3) is 2.01. The molecular formula is C13H16N2S. The van der Waals surface area contributed by atoms with E-state index in [1.807, 2.05) is 19.3 Å². The minimum absolute atomic E-state index is 0.201. The van der Waals surface area contributed by atoms with Crippen LogP contribution in [0.1, 0.15) is 27.7 Å². The fourth-order valence-corrected chi connectivity index (χ4v) is 2.67. The highest BCUT2D eigenvalue weighted by Crippen LogP contribution is 2.28. The molecule has 3 heteroatoms. The molecule has 0 bridgehead atoms. The maximum atomic E-state index is 4.49. The van der Waals surface area contributed by atoms with E-state index in [-0.39, 0.29) is 6.04 Å². The van der Waals surface area contributed by atoms with Crippen molar-refractivity contribution >= 4 is 11.3 Å². The standard InChI is InChI=1S/C13H16N2S/c1-9-5-4-7-15-12(9)13(14-3)11-6-8-16-10(11)2/h4-8,13-14H,1-3H3. The molecule has 0 aromatic carbocycles. The Hall–Kier alpha value is -1.19. The average molecular weight is 232 g/mol. The number of hydrogen-bond donors (Lipinski definition) is 1. The lowest BCUT2D eigenvalue weighted by atomic mass is 10.0. The number of nitrogens with zero attached hydrogens (tertiary/aromatic N) is 1. The number of pyridine rings is 1. The van der Waals surface area contributed by atoms with Crippen LogP contribution in [-0.4, -0.2) is 12.0 Å². The van der Waals surface area contributed by atoms with Crippen LogP contribution >= 0.6 is 11.3 Å². The first-order chi connectivity index (χ1) is 7.74. The normalized spacial score (nSPS) is 12.7. The summed E-state index contributed by atoms with van der Waals surface area (Å²) in [6.45, 7) is 4.26. The van der Waals surface area contributed by atoms with Gasteiger partial charge in [0.05, 0.1) is 11.7 Å². The van der Waals surface area contributed by atoms with Crippen molar-refractivity contribution in [2.24, 2.45) is 0 Å². The fourth-order valence-electron chi connectivity index (χ4n) is 1.93. The molecule has 0 aliphatic rings. The first-order valence-corrected chi connectivity index (χ1v) is 6.24. The summed E-state index contributed by atoms with van der Waals surface area (Å²) in [5, 5.41) is 5.48. The van der Waals surface area contributed by atoms with E-state index in [0.29, 0.717) is 0 Å². The monoisotopic (exact) mass is 232 g/mol. The average Bonchev–Trinajstić information content (AvgIpc) is 2.69. The van der Waals surface area contributed by atoms with Gasteiger partial charge in [-0.3, -0.25) is 4.98 Å². The summed E-state index contributed by atoms with van der Waals surface area (Å²) in [5.41, 5.74) is 3.67. The highest BCUT2D eigenvalue weighted by molar-refractivity contribution is 7.10. The zero-order valence-electron chi connectivity index (χ0n) is 9.82. The van der Waals surface area contributed by atoms with Crippen LogP contribution in [0.15, 0.2) is 29.8 Å². The minimum atomic E-state index is 0.201. The van der Waals surface area contributed by atoms with Crippen LogP contribution in [0, 0.1) is 13.8 Å². The van der Waals surface area contributed by atoms with E-state index in [1.165, 1.54) is 16.0 Å². The number of thiophene rings is 1.